The average molecular weight is 554 g/mol. The topological polar surface area (TPSA) is 139 Å². The molecule has 0 fully saturated rings. The first-order chi connectivity index (χ1) is 17.3. The molecule has 4 N–H and O–H groups in total. The van der Waals surface area contributed by atoms with Crippen molar-refractivity contribution in [2.24, 2.45) is 15.4 Å². The van der Waals surface area contributed by atoms with Gasteiger partial charge in [0.25, 0.3) is 0 Å². The minimum absolute atomic E-state index is 0.176. The van der Waals surface area contributed by atoms with Crippen molar-refractivity contribution >= 4 is 61.7 Å². The summed E-state index contributed by atoms with van der Waals surface area (Å²) in [5, 5.41) is 29.1. The summed E-state index contributed by atoms with van der Waals surface area (Å²) in [4.78, 5) is 4.78. The molecule has 0 saturated carbocycles. The lowest BCUT2D eigenvalue weighted by atomic mass is 10.1. The lowest BCUT2D eigenvalue weighted by molar-refractivity contribution is -0.0775. The summed E-state index contributed by atoms with van der Waals surface area (Å²) in [6.07, 6.45) is 1.27. The van der Waals surface area contributed by atoms with E-state index in [1.165, 1.54) is 16.4 Å². The van der Waals surface area contributed by atoms with Crippen molar-refractivity contribution in [2.75, 3.05) is 25.5 Å². The van der Waals surface area contributed by atoms with E-state index >= 15 is 0 Å². The van der Waals surface area contributed by atoms with Crippen LogP contribution in [0.5, 0.6) is 11.5 Å². The van der Waals surface area contributed by atoms with Crippen LogP contribution in [-0.2, 0) is 14.4 Å². The third-order valence-corrected chi connectivity index (χ3v) is 7.63. The molecule has 0 aromatic heterocycles. The van der Waals surface area contributed by atoms with Crippen LogP contribution in [0.3, 0.4) is 0 Å². The van der Waals surface area contributed by atoms with Crippen LogP contribution >= 0.6 is 23.8 Å². The number of nitrogens with two attached hydrogens (primary N) is 1. The Morgan fingerprint density at radius 2 is 1.86 bits per heavy atom. The van der Waals surface area contributed by atoms with Gasteiger partial charge in [0.2, 0.25) is 10.0 Å². The van der Waals surface area contributed by atoms with Crippen LogP contribution in [0.15, 0.2) is 57.6 Å². The molecule has 0 unspecified atom stereocenters. The van der Waals surface area contributed by atoms with Gasteiger partial charge in [-0.2, -0.15) is 9.42 Å². The van der Waals surface area contributed by atoms with E-state index in [-0.39, 0.29) is 27.1 Å². The second kappa shape index (κ2) is 12.6. The molecule has 0 bridgehead atoms. The number of benzene rings is 3. The van der Waals surface area contributed by atoms with Crippen molar-refractivity contribution in [3.63, 3.8) is 0 Å². The Hall–Kier alpha value is -2.61. The van der Waals surface area contributed by atoms with E-state index in [1.54, 1.807) is 37.4 Å². The van der Waals surface area contributed by atoms with E-state index in [9.17, 15) is 13.5 Å². The lowest BCUT2D eigenvalue weighted by Crippen LogP contribution is -2.32. The van der Waals surface area contributed by atoms with E-state index in [0.29, 0.717) is 60.3 Å². The van der Waals surface area contributed by atoms with Gasteiger partial charge in [0, 0.05) is 42.7 Å². The molecule has 3 aromatic rings. The molecule has 0 aliphatic carbocycles. The number of phenolic OH excluding ortho intramolecular Hbond substituents is 1. The third kappa shape index (κ3) is 6.02. The molecular formula is C23H28ClN5O5S2. The summed E-state index contributed by atoms with van der Waals surface area (Å²) >= 11 is 6.62. The van der Waals surface area contributed by atoms with Crippen LogP contribution in [0.2, 0.25) is 5.02 Å². The molecule has 0 radical (unpaired) electrons. The summed E-state index contributed by atoms with van der Waals surface area (Å²) in [5.41, 5.74) is 1.27. The lowest BCUT2D eigenvalue weighted by Gasteiger charge is -2.22. The van der Waals surface area contributed by atoms with Crippen molar-refractivity contribution in [3.05, 3.63) is 47.5 Å². The van der Waals surface area contributed by atoms with Gasteiger partial charge in [-0.05, 0) is 37.1 Å². The molecule has 0 atom stereocenters. The van der Waals surface area contributed by atoms with E-state index in [4.69, 9.17) is 21.6 Å². The molecule has 10 nitrogen and oxygen atoms in total. The zero-order valence-corrected chi connectivity index (χ0v) is 22.5. The number of anilines is 1. The molecular weight excluding hydrogens is 526 g/mol. The maximum atomic E-state index is 13.6. The van der Waals surface area contributed by atoms with E-state index in [0.717, 1.165) is 0 Å². The molecule has 194 valence electrons. The molecule has 3 aromatic carbocycles. The van der Waals surface area contributed by atoms with Crippen LogP contribution in [0.1, 0.15) is 26.7 Å². The Morgan fingerprint density at radius 1 is 1.14 bits per heavy atom. The number of sulfonamides is 1. The molecule has 13 heteroatoms. The Bertz CT molecular complexity index is 1350. The minimum Gasteiger partial charge on any atom is -0.506 e. The van der Waals surface area contributed by atoms with Crippen LogP contribution in [0, 0.1) is 0 Å². The first-order valence-electron chi connectivity index (χ1n) is 11.2. The largest absolute Gasteiger partial charge is 0.506 e. The Morgan fingerprint density at radius 3 is 2.50 bits per heavy atom. The van der Waals surface area contributed by atoms with Crippen LogP contribution in [-0.4, -0.2) is 38.0 Å². The Balaban J connectivity index is 2.20. The minimum atomic E-state index is -4.00. The summed E-state index contributed by atoms with van der Waals surface area (Å²) in [6, 6.07) is 11.2. The summed E-state index contributed by atoms with van der Waals surface area (Å²) in [7, 11) is -2.28. The second-order valence-electron chi connectivity index (χ2n) is 7.69. The van der Waals surface area contributed by atoms with Crippen molar-refractivity contribution in [1.82, 2.24) is 4.31 Å². The number of fused-ring (bicyclic) bond motifs is 1. The van der Waals surface area contributed by atoms with Crippen LogP contribution in [0.4, 0.5) is 17.1 Å². The van der Waals surface area contributed by atoms with Crippen molar-refractivity contribution in [1.29, 1.82) is 0 Å². The van der Waals surface area contributed by atoms with Gasteiger partial charge >= 0.3 is 0 Å². The first kappa shape index (κ1) is 28.0. The number of aromatic hydroxyl groups is 1. The fourth-order valence-electron chi connectivity index (χ4n) is 3.68. The number of phenols is 1. The molecule has 0 amide bonds. The van der Waals surface area contributed by atoms with E-state index in [2.05, 4.69) is 19.9 Å². The van der Waals surface area contributed by atoms with Gasteiger partial charge < -0.3 is 15.3 Å². The Kier molecular flexibility index (Phi) is 9.77. The Labute approximate surface area is 219 Å². The number of halogens is 1. The molecule has 36 heavy (non-hydrogen) atoms. The van der Waals surface area contributed by atoms with Gasteiger partial charge in [0.15, 0.2) is 5.75 Å². The van der Waals surface area contributed by atoms with Gasteiger partial charge in [-0.25, -0.2) is 8.42 Å². The molecule has 0 spiro atoms. The normalized spacial score (nSPS) is 12.1. The second-order valence-corrected chi connectivity index (χ2v) is 10.3. The molecule has 0 saturated heterocycles. The van der Waals surface area contributed by atoms with Crippen LogP contribution < -0.4 is 15.3 Å². The van der Waals surface area contributed by atoms with Gasteiger partial charge in [-0.1, -0.05) is 41.9 Å². The SMILES string of the molecule is CCCN(CCC)S(=O)(=O)c1cc(N=Nc2ccc(Cl)c(OOSN)c2)c2c(NC)cccc2c1O. The quantitative estimate of drug-likeness (QED) is 0.0780. The zero-order chi connectivity index (χ0) is 26.3. The highest BCUT2D eigenvalue weighted by Gasteiger charge is 2.29. The first-order valence-corrected chi connectivity index (χ1v) is 13.8. The van der Waals surface area contributed by atoms with Crippen molar-refractivity contribution in [2.45, 2.75) is 31.6 Å². The maximum Gasteiger partial charge on any atom is 0.246 e. The van der Waals surface area contributed by atoms with Crippen molar-refractivity contribution < 1.29 is 22.7 Å². The summed E-state index contributed by atoms with van der Waals surface area (Å²) < 4.78 is 33.2. The highest BCUT2D eigenvalue weighted by molar-refractivity contribution is 7.92. The maximum absolute atomic E-state index is 13.6. The van der Waals surface area contributed by atoms with E-state index < -0.39 is 10.0 Å². The average Bonchev–Trinajstić information content (AvgIpc) is 2.87. The highest BCUT2D eigenvalue weighted by Crippen LogP contribution is 2.43. The number of hydrogen-bond donors (Lipinski definition) is 3. The van der Waals surface area contributed by atoms with E-state index in [1.807, 2.05) is 13.8 Å². The number of nitrogens with one attached hydrogen (secondary N) is 1. The van der Waals surface area contributed by atoms with Gasteiger partial charge in [0.1, 0.15) is 22.9 Å². The number of hydrogen-bond acceptors (Lipinski definition) is 10. The highest BCUT2D eigenvalue weighted by atomic mass is 35.5. The molecule has 0 heterocycles. The number of rotatable bonds is 12. The van der Waals surface area contributed by atoms with Gasteiger partial charge in [-0.15, -0.1) is 5.11 Å². The van der Waals surface area contributed by atoms with Crippen molar-refractivity contribution in [3.8, 4) is 11.5 Å². The summed E-state index contributed by atoms with van der Waals surface area (Å²) in [5.74, 6) is -0.160. The van der Waals surface area contributed by atoms with Gasteiger partial charge in [0.05, 0.1) is 16.4 Å². The molecule has 3 rings (SSSR count). The predicted molar refractivity (Wildman–Crippen MR) is 144 cm³/mol. The third-order valence-electron chi connectivity index (χ3n) is 5.26. The zero-order valence-electron chi connectivity index (χ0n) is 20.1. The van der Waals surface area contributed by atoms with Crippen LogP contribution in [0.25, 0.3) is 10.8 Å². The number of azo groups is 1. The summed E-state index contributed by atoms with van der Waals surface area (Å²) in [6.45, 7) is 4.47. The standard InChI is InChI=1S/C23H28ClN5O5S2/c1-4-11-29(12-5-2)36(31,32)21-14-19(22-16(23(21)30)7-6-8-18(22)26-3)28-27-15-9-10-17(24)20(13-15)33-34-35-25/h6-10,13-14,26,30H,4-5,11-12,25H2,1-3H3. The predicted octanol–water partition coefficient (Wildman–Crippen LogP) is 6.30. The smallest absolute Gasteiger partial charge is 0.246 e. The molecule has 0 aliphatic rings. The van der Waals surface area contributed by atoms with Gasteiger partial charge in [-0.3, -0.25) is 5.14 Å². The number of nitrogens with zero attached hydrogens (tertiary/aromatic N) is 3. The fourth-order valence-corrected chi connectivity index (χ4v) is 5.68. The monoisotopic (exact) mass is 553 g/mol. The fraction of sp³-hybridized carbons (Fsp3) is 0.304. The molecule has 0 aliphatic heterocycles.